The first-order valence-electron chi connectivity index (χ1n) is 8.08. The monoisotopic (exact) mass is 388 g/mol. The highest BCUT2D eigenvalue weighted by atomic mass is 19.4. The van der Waals surface area contributed by atoms with E-state index in [1.54, 1.807) is 36.4 Å². The lowest BCUT2D eigenvalue weighted by molar-refractivity contribution is -0.137. The van der Waals surface area contributed by atoms with E-state index in [1.165, 1.54) is 19.2 Å². The van der Waals surface area contributed by atoms with E-state index in [4.69, 9.17) is 4.74 Å². The standard InChI is InChI=1S/C19H15F3N4O2/c1-28-17-11-10-16(25-26-17)12-2-6-14(7-3-12)23-18(27)24-15-8-4-13(5-9-15)19(20,21)22/h2-11H,1H3,(H2,23,24,27). The fourth-order valence-electron chi connectivity index (χ4n) is 2.34. The Morgan fingerprint density at radius 1 is 0.857 bits per heavy atom. The average molecular weight is 388 g/mol. The minimum absolute atomic E-state index is 0.246. The summed E-state index contributed by atoms with van der Waals surface area (Å²) in [5.74, 6) is 0.405. The molecule has 28 heavy (non-hydrogen) atoms. The molecule has 0 unspecified atom stereocenters. The molecule has 6 nitrogen and oxygen atoms in total. The molecule has 3 aromatic rings. The van der Waals surface area contributed by atoms with Gasteiger partial charge in [-0.2, -0.15) is 13.2 Å². The Balaban J connectivity index is 1.61. The molecule has 1 aromatic heterocycles. The van der Waals surface area contributed by atoms with Gasteiger partial charge in [0, 0.05) is 23.0 Å². The van der Waals surface area contributed by atoms with Crippen molar-refractivity contribution in [3.05, 3.63) is 66.2 Å². The van der Waals surface area contributed by atoms with Crippen LogP contribution >= 0.6 is 0 Å². The van der Waals surface area contributed by atoms with Crippen LogP contribution in [0.5, 0.6) is 5.88 Å². The maximum Gasteiger partial charge on any atom is 0.416 e. The van der Waals surface area contributed by atoms with E-state index in [2.05, 4.69) is 20.8 Å². The number of aromatic nitrogens is 2. The van der Waals surface area contributed by atoms with Gasteiger partial charge >= 0.3 is 12.2 Å². The smallest absolute Gasteiger partial charge is 0.416 e. The van der Waals surface area contributed by atoms with E-state index in [1.807, 2.05) is 0 Å². The second-order valence-corrected chi connectivity index (χ2v) is 5.69. The van der Waals surface area contributed by atoms with Gasteiger partial charge in [0.05, 0.1) is 18.4 Å². The second-order valence-electron chi connectivity index (χ2n) is 5.69. The Labute approximate surface area is 158 Å². The molecule has 0 radical (unpaired) electrons. The second kappa shape index (κ2) is 7.95. The van der Waals surface area contributed by atoms with Crippen molar-refractivity contribution in [2.45, 2.75) is 6.18 Å². The molecular weight excluding hydrogens is 373 g/mol. The zero-order valence-electron chi connectivity index (χ0n) is 14.6. The lowest BCUT2D eigenvalue weighted by atomic mass is 10.1. The molecule has 0 spiro atoms. The summed E-state index contributed by atoms with van der Waals surface area (Å²) in [4.78, 5) is 12.0. The zero-order valence-corrected chi connectivity index (χ0v) is 14.6. The number of ether oxygens (including phenoxy) is 1. The number of carbonyl (C=O) groups is 1. The fraction of sp³-hybridized carbons (Fsp3) is 0.105. The van der Waals surface area contributed by atoms with Gasteiger partial charge in [0.1, 0.15) is 0 Å². The van der Waals surface area contributed by atoms with Gasteiger partial charge in [0.15, 0.2) is 0 Å². The lowest BCUT2D eigenvalue weighted by Gasteiger charge is -2.10. The van der Waals surface area contributed by atoms with Crippen molar-refractivity contribution in [2.75, 3.05) is 17.7 Å². The van der Waals surface area contributed by atoms with E-state index in [0.29, 0.717) is 17.3 Å². The first kappa shape index (κ1) is 19.2. The topological polar surface area (TPSA) is 76.1 Å². The molecule has 3 rings (SSSR count). The summed E-state index contributed by atoms with van der Waals surface area (Å²) in [6, 6.07) is 13.9. The Bertz CT molecular complexity index is 941. The van der Waals surface area contributed by atoms with E-state index >= 15 is 0 Å². The van der Waals surface area contributed by atoms with Crippen LogP contribution in [0, 0.1) is 0 Å². The molecule has 0 saturated carbocycles. The predicted octanol–water partition coefficient (Wildman–Crippen LogP) is 4.82. The van der Waals surface area contributed by atoms with Gasteiger partial charge in [-0.1, -0.05) is 12.1 Å². The largest absolute Gasteiger partial charge is 0.480 e. The summed E-state index contributed by atoms with van der Waals surface area (Å²) in [6.07, 6.45) is -4.42. The van der Waals surface area contributed by atoms with E-state index in [9.17, 15) is 18.0 Å². The molecule has 9 heteroatoms. The Hall–Kier alpha value is -3.62. The molecule has 2 N–H and O–H groups in total. The third-order valence-corrected chi connectivity index (χ3v) is 3.76. The average Bonchev–Trinajstić information content (AvgIpc) is 2.68. The number of anilines is 2. The van der Waals surface area contributed by atoms with Crippen molar-refractivity contribution in [1.29, 1.82) is 0 Å². The van der Waals surface area contributed by atoms with Crippen molar-refractivity contribution < 1.29 is 22.7 Å². The van der Waals surface area contributed by atoms with Crippen molar-refractivity contribution in [3.63, 3.8) is 0 Å². The fourth-order valence-corrected chi connectivity index (χ4v) is 2.34. The quantitative estimate of drug-likeness (QED) is 0.672. The molecule has 1 heterocycles. The van der Waals surface area contributed by atoms with Crippen LogP contribution in [0.25, 0.3) is 11.3 Å². The predicted molar refractivity (Wildman–Crippen MR) is 98.1 cm³/mol. The number of carbonyl (C=O) groups excluding carboxylic acids is 1. The molecule has 0 atom stereocenters. The number of nitrogens with zero attached hydrogens (tertiary/aromatic N) is 2. The van der Waals surface area contributed by atoms with E-state index in [-0.39, 0.29) is 5.69 Å². The van der Waals surface area contributed by atoms with Crippen LogP contribution in [0.1, 0.15) is 5.56 Å². The Morgan fingerprint density at radius 2 is 1.43 bits per heavy atom. The molecule has 0 bridgehead atoms. The summed E-state index contributed by atoms with van der Waals surface area (Å²) < 4.78 is 42.6. The van der Waals surface area contributed by atoms with E-state index in [0.717, 1.165) is 17.7 Å². The molecule has 0 aliphatic heterocycles. The number of urea groups is 1. The van der Waals surface area contributed by atoms with Crippen LogP contribution in [0.3, 0.4) is 0 Å². The normalized spacial score (nSPS) is 11.0. The lowest BCUT2D eigenvalue weighted by Crippen LogP contribution is -2.19. The van der Waals surface area contributed by atoms with Crippen molar-refractivity contribution >= 4 is 17.4 Å². The van der Waals surface area contributed by atoms with Gasteiger partial charge in [-0.25, -0.2) is 4.79 Å². The van der Waals surface area contributed by atoms with Gasteiger partial charge in [-0.3, -0.25) is 0 Å². The van der Waals surface area contributed by atoms with Crippen LogP contribution in [0.4, 0.5) is 29.3 Å². The van der Waals surface area contributed by atoms with Crippen LogP contribution in [0.2, 0.25) is 0 Å². The first-order chi connectivity index (χ1) is 13.3. The van der Waals surface area contributed by atoms with Crippen LogP contribution < -0.4 is 15.4 Å². The number of hydrogen-bond acceptors (Lipinski definition) is 4. The minimum Gasteiger partial charge on any atom is -0.480 e. The Morgan fingerprint density at radius 3 is 1.89 bits per heavy atom. The summed E-state index contributed by atoms with van der Waals surface area (Å²) in [7, 11) is 1.50. The summed E-state index contributed by atoms with van der Waals surface area (Å²) in [5, 5.41) is 13.0. The number of methoxy groups -OCH3 is 1. The van der Waals surface area contributed by atoms with E-state index < -0.39 is 17.8 Å². The number of amides is 2. The highest BCUT2D eigenvalue weighted by Gasteiger charge is 2.29. The maximum absolute atomic E-state index is 12.5. The summed E-state index contributed by atoms with van der Waals surface area (Å²) >= 11 is 0. The number of halogens is 3. The van der Waals surface area contributed by atoms with Gasteiger partial charge in [-0.05, 0) is 42.5 Å². The van der Waals surface area contributed by atoms with Gasteiger partial charge in [0.25, 0.3) is 0 Å². The molecule has 2 amide bonds. The molecular formula is C19H15F3N4O2. The molecule has 2 aromatic carbocycles. The van der Waals surface area contributed by atoms with Gasteiger partial charge in [-0.15, -0.1) is 10.2 Å². The Kier molecular flexibility index (Phi) is 5.44. The maximum atomic E-state index is 12.5. The summed E-state index contributed by atoms with van der Waals surface area (Å²) in [5.41, 5.74) is 1.41. The minimum atomic E-state index is -4.42. The molecule has 0 saturated heterocycles. The zero-order chi connectivity index (χ0) is 20.1. The number of nitrogens with one attached hydrogen (secondary N) is 2. The summed E-state index contributed by atoms with van der Waals surface area (Å²) in [6.45, 7) is 0. The number of rotatable bonds is 4. The molecule has 0 fully saturated rings. The number of alkyl halides is 3. The number of hydrogen-bond donors (Lipinski definition) is 2. The van der Waals surface area contributed by atoms with Gasteiger partial charge in [0.2, 0.25) is 5.88 Å². The van der Waals surface area contributed by atoms with Crippen molar-refractivity contribution in [2.24, 2.45) is 0 Å². The molecule has 144 valence electrons. The van der Waals surface area contributed by atoms with Gasteiger partial charge < -0.3 is 15.4 Å². The third kappa shape index (κ3) is 4.76. The first-order valence-corrected chi connectivity index (χ1v) is 8.08. The number of benzene rings is 2. The third-order valence-electron chi connectivity index (χ3n) is 3.76. The molecule has 0 aliphatic rings. The van der Waals surface area contributed by atoms with Crippen LogP contribution in [0.15, 0.2) is 60.7 Å². The van der Waals surface area contributed by atoms with Crippen molar-refractivity contribution in [1.82, 2.24) is 10.2 Å². The highest BCUT2D eigenvalue weighted by molar-refractivity contribution is 5.99. The van der Waals surface area contributed by atoms with Crippen molar-refractivity contribution in [3.8, 4) is 17.1 Å². The highest BCUT2D eigenvalue weighted by Crippen LogP contribution is 2.29. The molecule has 0 aliphatic carbocycles. The van der Waals surface area contributed by atoms with Crippen LogP contribution in [-0.2, 0) is 6.18 Å². The van der Waals surface area contributed by atoms with Crippen LogP contribution in [-0.4, -0.2) is 23.3 Å². The SMILES string of the molecule is COc1ccc(-c2ccc(NC(=O)Nc3ccc(C(F)(F)F)cc3)cc2)nn1.